The fourth-order valence-electron chi connectivity index (χ4n) is 3.46. The fourth-order valence-corrected chi connectivity index (χ4v) is 5.38. The van der Waals surface area contributed by atoms with Crippen LogP contribution in [-0.4, -0.2) is 38.3 Å². The predicted molar refractivity (Wildman–Crippen MR) is 114 cm³/mol. The molecule has 0 radical (unpaired) electrons. The number of rotatable bonds is 3. The largest absolute Gasteiger partial charge is 0.394 e. The number of aromatic nitrogens is 3. The van der Waals surface area contributed by atoms with Crippen LogP contribution in [0.3, 0.4) is 0 Å². The van der Waals surface area contributed by atoms with Crippen LogP contribution < -0.4 is 5.32 Å². The van der Waals surface area contributed by atoms with Crippen molar-refractivity contribution in [1.29, 1.82) is 0 Å². The van der Waals surface area contributed by atoms with Crippen molar-refractivity contribution in [2.24, 2.45) is 7.05 Å². The molecule has 7 heteroatoms. The smallest absolute Gasteiger partial charge is 0.129 e. The number of halogens is 1. The third-order valence-electron chi connectivity index (χ3n) is 4.79. The molecule has 5 nitrogen and oxygen atoms in total. The van der Waals surface area contributed by atoms with Crippen molar-refractivity contribution in [2.75, 3.05) is 17.7 Å². The van der Waals surface area contributed by atoms with Crippen molar-refractivity contribution in [1.82, 2.24) is 14.8 Å². The Labute approximate surface area is 171 Å². The molecule has 0 amide bonds. The lowest BCUT2D eigenvalue weighted by molar-refractivity contribution is 0.282. The molecule has 4 rings (SSSR count). The van der Waals surface area contributed by atoms with Gasteiger partial charge in [0.05, 0.1) is 23.6 Å². The molecule has 0 saturated heterocycles. The van der Waals surface area contributed by atoms with E-state index in [9.17, 15) is 5.11 Å². The number of aryl methyl sites for hydroxylation is 2. The summed E-state index contributed by atoms with van der Waals surface area (Å²) in [5, 5.41) is 18.2. The second kappa shape index (κ2) is 7.66. The molecule has 140 valence electrons. The Morgan fingerprint density at radius 3 is 2.89 bits per heavy atom. The van der Waals surface area contributed by atoms with Crippen LogP contribution >= 0.6 is 27.7 Å². The highest BCUT2D eigenvalue weighted by molar-refractivity contribution is 9.10. The Bertz CT molecular complexity index is 960. The summed E-state index contributed by atoms with van der Waals surface area (Å²) in [6, 6.07) is 12.3. The Morgan fingerprint density at radius 2 is 2.19 bits per heavy atom. The minimum Gasteiger partial charge on any atom is -0.394 e. The second-order valence-corrected chi connectivity index (χ2v) is 8.74. The van der Waals surface area contributed by atoms with Crippen LogP contribution in [0, 0.1) is 6.92 Å². The molecule has 1 aliphatic rings. The highest BCUT2D eigenvalue weighted by atomic mass is 79.9. The Kier molecular flexibility index (Phi) is 5.25. The molecule has 27 heavy (non-hydrogen) atoms. The van der Waals surface area contributed by atoms with Crippen molar-refractivity contribution < 1.29 is 5.11 Å². The average Bonchev–Trinajstić information content (AvgIpc) is 2.86. The zero-order valence-electron chi connectivity index (χ0n) is 15.2. The molecule has 0 fully saturated rings. The van der Waals surface area contributed by atoms with Gasteiger partial charge in [0.25, 0.3) is 0 Å². The number of fused-ring (bicyclic) bond motifs is 1. The van der Waals surface area contributed by atoms with Crippen molar-refractivity contribution in [3.05, 3.63) is 63.8 Å². The topological polar surface area (TPSA) is 63.0 Å². The van der Waals surface area contributed by atoms with Gasteiger partial charge in [-0.3, -0.25) is 9.67 Å². The first kappa shape index (κ1) is 18.5. The number of pyridine rings is 1. The molecule has 1 aromatic carbocycles. The van der Waals surface area contributed by atoms with E-state index in [2.05, 4.69) is 51.4 Å². The van der Waals surface area contributed by atoms with Gasteiger partial charge in [0.15, 0.2) is 0 Å². The van der Waals surface area contributed by atoms with E-state index in [1.165, 1.54) is 11.1 Å². The molecule has 0 spiro atoms. The van der Waals surface area contributed by atoms with Crippen molar-refractivity contribution in [3.63, 3.8) is 0 Å². The van der Waals surface area contributed by atoms with Crippen LogP contribution in [-0.2, 0) is 7.05 Å². The molecule has 0 aliphatic carbocycles. The summed E-state index contributed by atoms with van der Waals surface area (Å²) in [5.74, 6) is 1.76. The van der Waals surface area contributed by atoms with E-state index < -0.39 is 0 Å². The predicted octanol–water partition coefficient (Wildman–Crippen LogP) is 4.16. The van der Waals surface area contributed by atoms with Crippen LogP contribution in [0.4, 0.5) is 5.82 Å². The van der Waals surface area contributed by atoms with Gasteiger partial charge in [-0.1, -0.05) is 28.1 Å². The van der Waals surface area contributed by atoms with Crippen LogP contribution in [0.2, 0.25) is 0 Å². The maximum absolute atomic E-state index is 9.78. The minimum atomic E-state index is -0.0125. The molecule has 0 saturated carbocycles. The van der Waals surface area contributed by atoms with Gasteiger partial charge in [-0.25, -0.2) is 0 Å². The highest BCUT2D eigenvalue weighted by Crippen LogP contribution is 2.47. The van der Waals surface area contributed by atoms with Crippen LogP contribution in [0.1, 0.15) is 21.9 Å². The summed E-state index contributed by atoms with van der Waals surface area (Å²) in [5.41, 5.74) is 5.36. The molecule has 2 N–H and O–H groups in total. The zero-order valence-corrected chi connectivity index (χ0v) is 17.6. The van der Waals surface area contributed by atoms with Crippen molar-refractivity contribution in [3.8, 4) is 11.4 Å². The third kappa shape index (κ3) is 3.51. The molecule has 2 atom stereocenters. The van der Waals surface area contributed by atoms with Gasteiger partial charge in [-0.05, 0) is 42.3 Å². The standard InChI is InChI=1S/C20H21BrN4OS/c1-12-9-13(21)6-7-15(12)19-17-18(16-5-3-4-8-22-16)24-25(2)20(17)23-14(10-26)11-27-19/h3-9,14,19,23,26H,10-11H2,1-2H3/t14-,19-/m1/s1. The first-order valence-electron chi connectivity index (χ1n) is 8.82. The molecule has 3 aromatic rings. The van der Waals surface area contributed by atoms with E-state index in [-0.39, 0.29) is 17.9 Å². The number of thioether (sulfide) groups is 1. The zero-order chi connectivity index (χ0) is 19.0. The first-order valence-corrected chi connectivity index (χ1v) is 10.7. The van der Waals surface area contributed by atoms with E-state index in [1.807, 2.05) is 41.7 Å². The van der Waals surface area contributed by atoms with Gasteiger partial charge in [-0.2, -0.15) is 5.10 Å². The molecule has 0 unspecified atom stereocenters. The van der Waals surface area contributed by atoms with Crippen LogP contribution in [0.15, 0.2) is 47.1 Å². The number of hydrogen-bond donors (Lipinski definition) is 2. The number of nitrogens with zero attached hydrogens (tertiary/aromatic N) is 3. The third-order valence-corrected chi connectivity index (χ3v) is 6.70. The number of aliphatic hydroxyl groups is 1. The van der Waals surface area contributed by atoms with E-state index in [1.54, 1.807) is 6.20 Å². The summed E-state index contributed by atoms with van der Waals surface area (Å²) in [7, 11) is 1.94. The van der Waals surface area contributed by atoms with Gasteiger partial charge in [-0.15, -0.1) is 11.8 Å². The van der Waals surface area contributed by atoms with Gasteiger partial charge in [0, 0.05) is 29.0 Å². The molecule has 2 aromatic heterocycles. The quantitative estimate of drug-likeness (QED) is 0.634. The van der Waals surface area contributed by atoms with Gasteiger partial charge >= 0.3 is 0 Å². The lowest BCUT2D eigenvalue weighted by Crippen LogP contribution is -2.26. The summed E-state index contributed by atoms with van der Waals surface area (Å²) >= 11 is 5.40. The summed E-state index contributed by atoms with van der Waals surface area (Å²) in [6.45, 7) is 2.22. The lowest BCUT2D eigenvalue weighted by atomic mass is 9.98. The summed E-state index contributed by atoms with van der Waals surface area (Å²) < 4.78 is 2.94. The number of anilines is 1. The monoisotopic (exact) mass is 444 g/mol. The maximum Gasteiger partial charge on any atom is 0.129 e. The van der Waals surface area contributed by atoms with E-state index in [0.29, 0.717) is 0 Å². The molecular weight excluding hydrogens is 424 g/mol. The van der Waals surface area contributed by atoms with Gasteiger partial charge in [0.1, 0.15) is 11.5 Å². The number of aliphatic hydroxyl groups excluding tert-OH is 1. The Morgan fingerprint density at radius 1 is 1.33 bits per heavy atom. The summed E-state index contributed by atoms with van der Waals surface area (Å²) in [6.07, 6.45) is 1.80. The van der Waals surface area contributed by atoms with Crippen molar-refractivity contribution in [2.45, 2.75) is 18.2 Å². The summed E-state index contributed by atoms with van der Waals surface area (Å²) in [4.78, 5) is 4.54. The highest BCUT2D eigenvalue weighted by Gasteiger charge is 2.32. The van der Waals surface area contributed by atoms with E-state index in [0.717, 1.165) is 33.0 Å². The van der Waals surface area contributed by atoms with Crippen LogP contribution in [0.25, 0.3) is 11.4 Å². The van der Waals surface area contributed by atoms with Gasteiger partial charge < -0.3 is 10.4 Å². The normalized spacial score (nSPS) is 19.3. The number of nitrogens with one attached hydrogen (secondary N) is 1. The molecule has 1 aliphatic heterocycles. The fraction of sp³-hybridized carbons (Fsp3) is 0.300. The Balaban J connectivity index is 1.92. The Hall–Kier alpha value is -1.83. The average molecular weight is 445 g/mol. The minimum absolute atomic E-state index is 0.0125. The van der Waals surface area contributed by atoms with E-state index in [4.69, 9.17) is 5.10 Å². The van der Waals surface area contributed by atoms with Crippen molar-refractivity contribution >= 4 is 33.5 Å². The molecular formula is C20H21BrN4OS. The maximum atomic E-state index is 9.78. The molecule has 0 bridgehead atoms. The number of hydrogen-bond acceptors (Lipinski definition) is 5. The SMILES string of the molecule is Cc1cc(Br)ccc1[C@H]1SC[C@@H](CO)Nc2c1c(-c1ccccn1)nn2C. The first-order chi connectivity index (χ1) is 13.1. The lowest BCUT2D eigenvalue weighted by Gasteiger charge is -2.19. The second-order valence-electron chi connectivity index (χ2n) is 6.69. The number of benzene rings is 1. The van der Waals surface area contributed by atoms with E-state index >= 15 is 0 Å². The van der Waals surface area contributed by atoms with Gasteiger partial charge in [0.2, 0.25) is 0 Å². The molecule has 3 heterocycles. The van der Waals surface area contributed by atoms with Crippen LogP contribution in [0.5, 0.6) is 0 Å².